The summed E-state index contributed by atoms with van der Waals surface area (Å²) >= 11 is 0. The molecule has 0 amide bonds. The van der Waals surface area contributed by atoms with Crippen LogP contribution in [-0.2, 0) is 17.9 Å². The highest BCUT2D eigenvalue weighted by molar-refractivity contribution is 5.81. The lowest BCUT2D eigenvalue weighted by Crippen LogP contribution is -2.33. The fraction of sp³-hybridized carbons (Fsp3) is 0.519. The maximum absolute atomic E-state index is 13.0. The zero-order valence-corrected chi connectivity index (χ0v) is 17.9. The fourth-order valence-electron chi connectivity index (χ4n) is 4.49. The van der Waals surface area contributed by atoms with Crippen LogP contribution in [0.15, 0.2) is 60.7 Å². The smallest absolute Gasteiger partial charge is 0.137 e. The number of Topliss-reactive ketones (excluding diaryl/α,β-unsaturated/α-hetero) is 1. The second-order valence-corrected chi connectivity index (χ2v) is 8.67. The summed E-state index contributed by atoms with van der Waals surface area (Å²) in [4.78, 5) is 15.5. The number of carbonyl (C=O) groups is 1. The molecule has 0 aromatic heterocycles. The van der Waals surface area contributed by atoms with Crippen molar-refractivity contribution in [3.63, 3.8) is 0 Å². The third kappa shape index (κ3) is 8.14. The van der Waals surface area contributed by atoms with Crippen LogP contribution in [0.2, 0.25) is 0 Å². The van der Waals surface area contributed by atoms with Gasteiger partial charge in [0.05, 0.1) is 0 Å². The summed E-state index contributed by atoms with van der Waals surface area (Å²) in [5, 5.41) is 0. The van der Waals surface area contributed by atoms with Crippen molar-refractivity contribution in [1.29, 1.82) is 0 Å². The van der Waals surface area contributed by atoms with Gasteiger partial charge in [-0.25, -0.2) is 0 Å². The molecule has 0 spiro atoms. The van der Waals surface area contributed by atoms with Crippen LogP contribution in [0.5, 0.6) is 0 Å². The van der Waals surface area contributed by atoms with Gasteiger partial charge in [0, 0.05) is 32.0 Å². The van der Waals surface area contributed by atoms with Gasteiger partial charge in [-0.15, -0.1) is 0 Å². The van der Waals surface area contributed by atoms with Crippen LogP contribution in [0.3, 0.4) is 0 Å². The summed E-state index contributed by atoms with van der Waals surface area (Å²) in [6.45, 7) is 2.68. The summed E-state index contributed by atoms with van der Waals surface area (Å²) in [6.07, 6.45) is 11.9. The third-order valence-corrected chi connectivity index (χ3v) is 6.16. The molecule has 2 nitrogen and oxygen atoms in total. The van der Waals surface area contributed by atoms with Gasteiger partial charge in [-0.05, 0) is 24.0 Å². The Balaban J connectivity index is 1.69. The highest BCUT2D eigenvalue weighted by atomic mass is 16.1. The van der Waals surface area contributed by atoms with Gasteiger partial charge < -0.3 is 0 Å². The molecule has 3 rings (SSSR count). The van der Waals surface area contributed by atoms with Crippen LogP contribution in [0.4, 0.5) is 0 Å². The zero-order valence-electron chi connectivity index (χ0n) is 17.9. The first-order chi connectivity index (χ1) is 14.3. The summed E-state index contributed by atoms with van der Waals surface area (Å²) < 4.78 is 0. The SMILES string of the molecule is O=C1CCCCCCCCCC[C@@H]1CN(Cc1ccccc1)Cc1ccccc1. The van der Waals surface area contributed by atoms with Crippen molar-refractivity contribution in [3.05, 3.63) is 71.8 Å². The molecular formula is C27H37NO. The first-order valence-corrected chi connectivity index (χ1v) is 11.6. The number of rotatable bonds is 6. The Bertz CT molecular complexity index is 655. The Hall–Kier alpha value is -1.93. The van der Waals surface area contributed by atoms with E-state index in [9.17, 15) is 4.79 Å². The molecule has 0 bridgehead atoms. The Labute approximate surface area is 177 Å². The average molecular weight is 392 g/mol. The van der Waals surface area contributed by atoms with Crippen LogP contribution >= 0.6 is 0 Å². The summed E-state index contributed by atoms with van der Waals surface area (Å²) in [5.74, 6) is 0.679. The van der Waals surface area contributed by atoms with Crippen LogP contribution in [0, 0.1) is 5.92 Å². The molecule has 1 fully saturated rings. The molecular weight excluding hydrogens is 354 g/mol. The lowest BCUT2D eigenvalue weighted by atomic mass is 9.91. The van der Waals surface area contributed by atoms with Gasteiger partial charge >= 0.3 is 0 Å². The first kappa shape index (κ1) is 21.8. The van der Waals surface area contributed by atoms with Crippen molar-refractivity contribution in [2.45, 2.75) is 77.3 Å². The molecule has 1 aliphatic rings. The summed E-state index contributed by atoms with van der Waals surface area (Å²) in [5.41, 5.74) is 2.65. The Morgan fingerprint density at radius 3 is 1.69 bits per heavy atom. The number of hydrogen-bond acceptors (Lipinski definition) is 2. The molecule has 0 heterocycles. The number of benzene rings is 2. The predicted octanol–water partition coefficient (Wildman–Crippen LogP) is 6.79. The molecule has 1 saturated carbocycles. The maximum Gasteiger partial charge on any atom is 0.137 e. The van der Waals surface area contributed by atoms with Crippen LogP contribution in [-0.4, -0.2) is 17.2 Å². The van der Waals surface area contributed by atoms with E-state index in [4.69, 9.17) is 0 Å². The molecule has 1 atom stereocenters. The van der Waals surface area contributed by atoms with E-state index in [-0.39, 0.29) is 5.92 Å². The van der Waals surface area contributed by atoms with Crippen LogP contribution in [0.1, 0.15) is 75.3 Å². The number of carbonyl (C=O) groups excluding carboxylic acids is 1. The molecule has 156 valence electrons. The van der Waals surface area contributed by atoms with Crippen molar-refractivity contribution < 1.29 is 4.79 Å². The predicted molar refractivity (Wildman–Crippen MR) is 122 cm³/mol. The summed E-state index contributed by atoms with van der Waals surface area (Å²) in [6, 6.07) is 21.4. The number of nitrogens with zero attached hydrogens (tertiary/aromatic N) is 1. The Kier molecular flexibility index (Phi) is 9.45. The second-order valence-electron chi connectivity index (χ2n) is 8.67. The van der Waals surface area contributed by atoms with Crippen molar-refractivity contribution >= 4 is 5.78 Å². The van der Waals surface area contributed by atoms with E-state index in [1.165, 1.54) is 56.1 Å². The fourth-order valence-corrected chi connectivity index (χ4v) is 4.49. The highest BCUT2D eigenvalue weighted by Gasteiger charge is 2.22. The van der Waals surface area contributed by atoms with Crippen molar-refractivity contribution in [1.82, 2.24) is 4.90 Å². The van der Waals surface area contributed by atoms with Crippen molar-refractivity contribution in [2.24, 2.45) is 5.92 Å². The molecule has 0 radical (unpaired) electrons. The van der Waals surface area contributed by atoms with E-state index in [2.05, 4.69) is 65.6 Å². The Morgan fingerprint density at radius 2 is 1.14 bits per heavy atom. The second kappa shape index (κ2) is 12.6. The van der Waals surface area contributed by atoms with Gasteiger partial charge in [0.2, 0.25) is 0 Å². The van der Waals surface area contributed by atoms with Crippen LogP contribution in [0.25, 0.3) is 0 Å². The van der Waals surface area contributed by atoms with E-state index in [0.29, 0.717) is 5.78 Å². The average Bonchev–Trinajstić information content (AvgIpc) is 2.74. The molecule has 29 heavy (non-hydrogen) atoms. The first-order valence-electron chi connectivity index (χ1n) is 11.6. The van der Waals surface area contributed by atoms with Crippen LogP contribution < -0.4 is 0 Å². The van der Waals surface area contributed by atoms with E-state index >= 15 is 0 Å². The minimum Gasteiger partial charge on any atom is -0.299 e. The molecule has 1 aliphatic carbocycles. The van der Waals surface area contributed by atoms with Gasteiger partial charge in [-0.1, -0.05) is 106 Å². The minimum absolute atomic E-state index is 0.182. The van der Waals surface area contributed by atoms with E-state index in [1.54, 1.807) is 0 Å². The molecule has 0 aliphatic heterocycles. The van der Waals surface area contributed by atoms with Gasteiger partial charge in [0.1, 0.15) is 5.78 Å². The quantitative estimate of drug-likeness (QED) is 0.540. The molecule has 0 N–H and O–H groups in total. The lowest BCUT2D eigenvalue weighted by molar-refractivity contribution is -0.124. The van der Waals surface area contributed by atoms with E-state index in [0.717, 1.165) is 38.9 Å². The number of ketones is 1. The van der Waals surface area contributed by atoms with Gasteiger partial charge in [0.15, 0.2) is 0 Å². The normalized spacial score (nSPS) is 19.5. The molecule has 2 aromatic rings. The zero-order chi connectivity index (χ0) is 20.2. The standard InChI is InChI=1S/C27H37NO/c29-27-20-14-6-4-2-1-3-5-13-19-26(27)23-28(21-24-15-9-7-10-16-24)22-25-17-11-8-12-18-25/h7-12,15-18,26H,1-6,13-14,19-23H2/t26-/m1/s1. The third-order valence-electron chi connectivity index (χ3n) is 6.16. The Morgan fingerprint density at radius 1 is 0.655 bits per heavy atom. The van der Waals surface area contributed by atoms with Gasteiger partial charge in [-0.2, -0.15) is 0 Å². The minimum atomic E-state index is 0.182. The largest absolute Gasteiger partial charge is 0.299 e. The topological polar surface area (TPSA) is 20.3 Å². The lowest BCUT2D eigenvalue weighted by Gasteiger charge is -2.27. The van der Waals surface area contributed by atoms with Gasteiger partial charge in [-0.3, -0.25) is 9.69 Å². The highest BCUT2D eigenvalue weighted by Crippen LogP contribution is 2.21. The van der Waals surface area contributed by atoms with E-state index < -0.39 is 0 Å². The summed E-state index contributed by atoms with van der Waals surface area (Å²) in [7, 11) is 0. The molecule has 2 heteroatoms. The van der Waals surface area contributed by atoms with Crippen molar-refractivity contribution in [3.8, 4) is 0 Å². The van der Waals surface area contributed by atoms with Crippen molar-refractivity contribution in [2.75, 3.05) is 6.54 Å². The number of hydrogen-bond donors (Lipinski definition) is 0. The molecule has 2 aromatic carbocycles. The van der Waals surface area contributed by atoms with E-state index in [1.807, 2.05) is 0 Å². The molecule has 0 unspecified atom stereocenters. The maximum atomic E-state index is 13.0. The monoisotopic (exact) mass is 391 g/mol. The van der Waals surface area contributed by atoms with Gasteiger partial charge in [0.25, 0.3) is 0 Å². The molecule has 0 saturated heterocycles.